The number of thiazole rings is 1. The molecule has 7 nitrogen and oxygen atoms in total. The van der Waals surface area contributed by atoms with Crippen LogP contribution in [0.5, 0.6) is 0 Å². The number of allylic oxidation sites excluding steroid dienone is 1. The molecule has 0 atom stereocenters. The van der Waals surface area contributed by atoms with Crippen molar-refractivity contribution >= 4 is 40.3 Å². The molecule has 190 valence electrons. The van der Waals surface area contributed by atoms with Gasteiger partial charge in [0.15, 0.2) is 0 Å². The van der Waals surface area contributed by atoms with Gasteiger partial charge in [0.05, 0.1) is 17.9 Å². The number of anilines is 1. The van der Waals surface area contributed by atoms with Crippen molar-refractivity contribution in [2.24, 2.45) is 0 Å². The van der Waals surface area contributed by atoms with E-state index in [0.29, 0.717) is 21.3 Å². The van der Waals surface area contributed by atoms with E-state index in [1.807, 2.05) is 30.3 Å². The molecule has 2 aromatic carbocycles. The number of carbonyl (C=O) groups is 3. The van der Waals surface area contributed by atoms with Gasteiger partial charge in [-0.2, -0.15) is 0 Å². The fourth-order valence-electron chi connectivity index (χ4n) is 4.50. The van der Waals surface area contributed by atoms with Gasteiger partial charge in [0, 0.05) is 48.8 Å². The molecular formula is C27H24F2N4O3S. The van der Waals surface area contributed by atoms with E-state index in [1.165, 1.54) is 27.2 Å². The molecular weight excluding hydrogens is 498 g/mol. The van der Waals surface area contributed by atoms with Crippen LogP contribution in [0.2, 0.25) is 0 Å². The zero-order valence-corrected chi connectivity index (χ0v) is 20.9. The Kier molecular flexibility index (Phi) is 6.59. The van der Waals surface area contributed by atoms with Crippen LogP contribution >= 0.6 is 11.3 Å². The molecule has 37 heavy (non-hydrogen) atoms. The summed E-state index contributed by atoms with van der Waals surface area (Å²) in [6.45, 7) is 1.81. The number of para-hydroxylation sites is 1. The normalized spacial score (nSPS) is 18.2. The third-order valence-electron chi connectivity index (χ3n) is 6.40. The van der Waals surface area contributed by atoms with Crippen molar-refractivity contribution in [3.05, 3.63) is 76.8 Å². The first kappa shape index (κ1) is 24.8. The number of carbonyl (C=O) groups excluding carboxylic acids is 3. The highest BCUT2D eigenvalue weighted by molar-refractivity contribution is 7.17. The number of nitrogens with one attached hydrogen (secondary N) is 1. The standard InChI is InChI=1S/C27H24F2N4O3S/c1-17-24(37-25(31-17)18-7-3-2-4-8-18)26(36)33-13-11-27(28,29)20(19-9-5-6-10-21(19)33)15-23(35)32-14-12-30-22(34)16-32/h2-10,15H,11-14,16H2,1H3,(H,30,34)/b20-15-. The molecule has 0 spiro atoms. The number of nitrogens with zero attached hydrogens (tertiary/aromatic N) is 3. The number of piperazine rings is 1. The number of aryl methyl sites for hydroxylation is 1. The Morgan fingerprint density at radius 2 is 1.81 bits per heavy atom. The van der Waals surface area contributed by atoms with E-state index >= 15 is 8.78 Å². The summed E-state index contributed by atoms with van der Waals surface area (Å²) in [6, 6.07) is 15.8. The maximum atomic E-state index is 15.5. The molecule has 3 aromatic rings. The average molecular weight is 523 g/mol. The molecule has 1 aromatic heterocycles. The van der Waals surface area contributed by atoms with Gasteiger partial charge in [-0.15, -0.1) is 11.3 Å². The number of alkyl halides is 2. The molecule has 0 bridgehead atoms. The van der Waals surface area contributed by atoms with Crippen LogP contribution in [0.3, 0.4) is 0 Å². The second-order valence-corrected chi connectivity index (χ2v) is 9.89. The number of halogens is 2. The maximum absolute atomic E-state index is 15.5. The molecule has 10 heteroatoms. The maximum Gasteiger partial charge on any atom is 0.275 e. The van der Waals surface area contributed by atoms with Gasteiger partial charge in [-0.25, -0.2) is 13.8 Å². The van der Waals surface area contributed by atoms with Gasteiger partial charge in [0.2, 0.25) is 11.8 Å². The van der Waals surface area contributed by atoms with E-state index in [0.717, 1.165) is 11.6 Å². The monoisotopic (exact) mass is 522 g/mol. The minimum Gasteiger partial charge on any atom is -0.353 e. The Morgan fingerprint density at radius 1 is 1.08 bits per heavy atom. The Hall–Kier alpha value is -3.92. The summed E-state index contributed by atoms with van der Waals surface area (Å²) in [4.78, 5) is 45.8. The SMILES string of the molecule is Cc1nc(-c2ccccc2)sc1C(=O)N1CCC(F)(F)/C(=C\C(=O)N2CCNC(=O)C2)c2ccccc21. The van der Waals surface area contributed by atoms with Crippen molar-refractivity contribution in [2.45, 2.75) is 19.3 Å². The molecule has 1 saturated heterocycles. The second-order valence-electron chi connectivity index (χ2n) is 8.90. The lowest BCUT2D eigenvalue weighted by molar-refractivity contribution is -0.134. The Morgan fingerprint density at radius 3 is 2.57 bits per heavy atom. The number of hydrogen-bond donors (Lipinski definition) is 1. The van der Waals surface area contributed by atoms with Gasteiger partial charge in [-0.05, 0) is 13.0 Å². The van der Waals surface area contributed by atoms with Crippen molar-refractivity contribution in [1.82, 2.24) is 15.2 Å². The summed E-state index contributed by atoms with van der Waals surface area (Å²) in [5, 5.41) is 3.29. The summed E-state index contributed by atoms with van der Waals surface area (Å²) in [5.74, 6) is -4.78. The summed E-state index contributed by atoms with van der Waals surface area (Å²) >= 11 is 1.22. The summed E-state index contributed by atoms with van der Waals surface area (Å²) in [6.07, 6.45) is 0.257. The van der Waals surface area contributed by atoms with Crippen LogP contribution in [0.1, 0.15) is 27.3 Å². The first-order chi connectivity index (χ1) is 17.7. The fourth-order valence-corrected chi connectivity index (χ4v) is 5.52. The predicted octanol–water partition coefficient (Wildman–Crippen LogP) is 4.15. The molecule has 3 heterocycles. The van der Waals surface area contributed by atoms with Crippen LogP contribution in [0.4, 0.5) is 14.5 Å². The quantitative estimate of drug-likeness (QED) is 0.524. The smallest absolute Gasteiger partial charge is 0.275 e. The minimum absolute atomic E-state index is 0.110. The largest absolute Gasteiger partial charge is 0.353 e. The van der Waals surface area contributed by atoms with Crippen LogP contribution in [0.15, 0.2) is 60.7 Å². The van der Waals surface area contributed by atoms with Gasteiger partial charge in [-0.1, -0.05) is 48.5 Å². The third kappa shape index (κ3) is 4.89. The van der Waals surface area contributed by atoms with Crippen molar-refractivity contribution in [1.29, 1.82) is 0 Å². The summed E-state index contributed by atoms with van der Waals surface area (Å²) in [5.41, 5.74) is 1.34. The molecule has 3 amide bonds. The summed E-state index contributed by atoms with van der Waals surface area (Å²) in [7, 11) is 0. The molecule has 1 fully saturated rings. The van der Waals surface area contributed by atoms with Crippen molar-refractivity contribution in [3.8, 4) is 10.6 Å². The van der Waals surface area contributed by atoms with Crippen LogP contribution in [-0.2, 0) is 9.59 Å². The van der Waals surface area contributed by atoms with E-state index in [4.69, 9.17) is 0 Å². The van der Waals surface area contributed by atoms with E-state index in [1.54, 1.807) is 25.1 Å². The molecule has 0 radical (unpaired) electrons. The third-order valence-corrected chi connectivity index (χ3v) is 7.60. The van der Waals surface area contributed by atoms with Gasteiger partial charge in [0.1, 0.15) is 9.88 Å². The zero-order chi connectivity index (χ0) is 26.2. The molecule has 5 rings (SSSR count). The molecule has 0 unspecified atom stereocenters. The Labute approximate surface area is 216 Å². The highest BCUT2D eigenvalue weighted by Gasteiger charge is 2.42. The molecule has 0 aliphatic carbocycles. The highest BCUT2D eigenvalue weighted by atomic mass is 32.1. The van der Waals surface area contributed by atoms with Gasteiger partial charge >= 0.3 is 0 Å². The molecule has 2 aliphatic heterocycles. The zero-order valence-electron chi connectivity index (χ0n) is 20.0. The van der Waals surface area contributed by atoms with Crippen molar-refractivity contribution in [2.75, 3.05) is 31.1 Å². The van der Waals surface area contributed by atoms with Crippen molar-refractivity contribution in [3.63, 3.8) is 0 Å². The highest BCUT2D eigenvalue weighted by Crippen LogP contribution is 2.44. The lowest BCUT2D eigenvalue weighted by atomic mass is 9.96. The number of amides is 3. The number of aromatic nitrogens is 1. The van der Waals surface area contributed by atoms with Gasteiger partial charge in [-0.3, -0.25) is 14.4 Å². The fraction of sp³-hybridized carbons (Fsp3) is 0.259. The van der Waals surface area contributed by atoms with Crippen LogP contribution in [0, 0.1) is 6.92 Å². The average Bonchev–Trinajstić information content (AvgIpc) is 3.24. The predicted molar refractivity (Wildman–Crippen MR) is 138 cm³/mol. The van der Waals surface area contributed by atoms with E-state index < -0.39 is 29.7 Å². The van der Waals surface area contributed by atoms with E-state index in [9.17, 15) is 14.4 Å². The lowest BCUT2D eigenvalue weighted by Gasteiger charge is -2.26. The van der Waals surface area contributed by atoms with Crippen molar-refractivity contribution < 1.29 is 23.2 Å². The van der Waals surface area contributed by atoms with E-state index in [2.05, 4.69) is 10.3 Å². The summed E-state index contributed by atoms with van der Waals surface area (Å²) < 4.78 is 31.0. The van der Waals surface area contributed by atoms with Crippen LogP contribution in [-0.4, -0.2) is 59.7 Å². The molecule has 0 saturated carbocycles. The topological polar surface area (TPSA) is 82.6 Å². The molecule has 2 aliphatic rings. The van der Waals surface area contributed by atoms with E-state index in [-0.39, 0.29) is 37.6 Å². The first-order valence-electron chi connectivity index (χ1n) is 11.8. The Balaban J connectivity index is 1.52. The van der Waals surface area contributed by atoms with Crippen LogP contribution in [0.25, 0.3) is 16.1 Å². The number of fused-ring (bicyclic) bond motifs is 1. The number of benzene rings is 2. The number of hydrogen-bond acceptors (Lipinski definition) is 5. The minimum atomic E-state index is -3.36. The van der Waals surface area contributed by atoms with Gasteiger partial charge < -0.3 is 15.1 Å². The van der Waals surface area contributed by atoms with Crippen LogP contribution < -0.4 is 10.2 Å². The lowest BCUT2D eigenvalue weighted by Crippen LogP contribution is -2.49. The number of rotatable bonds is 3. The second kappa shape index (κ2) is 9.85. The first-order valence-corrected chi connectivity index (χ1v) is 12.7. The molecule has 1 N–H and O–H groups in total. The Bertz CT molecular complexity index is 1400. The van der Waals surface area contributed by atoms with Gasteiger partial charge in [0.25, 0.3) is 11.8 Å².